The number of rotatable bonds is 3. The first-order valence-electron chi connectivity index (χ1n) is 6.52. The van der Waals surface area contributed by atoms with Gasteiger partial charge < -0.3 is 5.11 Å². The highest BCUT2D eigenvalue weighted by atomic mass is 19.4. The molecule has 1 saturated heterocycles. The molecule has 0 aliphatic carbocycles. The summed E-state index contributed by atoms with van der Waals surface area (Å²) in [6, 6.07) is 5.66. The minimum atomic E-state index is -4.32. The Hall–Kier alpha value is -1.07. The monoisotopic (exact) mass is 273 g/mol. The summed E-state index contributed by atoms with van der Waals surface area (Å²) in [5.41, 5.74) is -0.285. The van der Waals surface area contributed by atoms with Crippen LogP contribution in [0.25, 0.3) is 0 Å². The molecule has 2 nitrogen and oxygen atoms in total. The number of alkyl halides is 3. The summed E-state index contributed by atoms with van der Waals surface area (Å²) in [7, 11) is 0. The molecule has 106 valence electrons. The van der Waals surface area contributed by atoms with Crippen LogP contribution in [0.1, 0.15) is 30.4 Å². The number of hydrogen-bond donors (Lipinski definition) is 1. The van der Waals surface area contributed by atoms with E-state index in [9.17, 15) is 18.3 Å². The largest absolute Gasteiger partial charge is 0.416 e. The van der Waals surface area contributed by atoms with Gasteiger partial charge in [-0.3, -0.25) is 4.90 Å². The van der Waals surface area contributed by atoms with E-state index in [2.05, 4.69) is 0 Å². The van der Waals surface area contributed by atoms with Gasteiger partial charge >= 0.3 is 6.18 Å². The highest BCUT2D eigenvalue weighted by Gasteiger charge is 2.34. The van der Waals surface area contributed by atoms with E-state index in [4.69, 9.17) is 0 Å². The molecule has 2 rings (SSSR count). The Balaban J connectivity index is 2.18. The molecule has 0 amide bonds. The number of aliphatic hydroxyl groups is 1. The summed E-state index contributed by atoms with van der Waals surface area (Å²) >= 11 is 0. The lowest BCUT2D eigenvalue weighted by Gasteiger charge is -2.35. The summed E-state index contributed by atoms with van der Waals surface area (Å²) in [6.45, 7) is 1.01. The Morgan fingerprint density at radius 1 is 1.21 bits per heavy atom. The smallest absolute Gasteiger partial charge is 0.395 e. The van der Waals surface area contributed by atoms with E-state index in [1.165, 1.54) is 12.1 Å². The van der Waals surface area contributed by atoms with Gasteiger partial charge in [-0.15, -0.1) is 0 Å². The third-order valence-corrected chi connectivity index (χ3v) is 3.66. The summed E-state index contributed by atoms with van der Waals surface area (Å²) in [4.78, 5) is 1.95. The van der Waals surface area contributed by atoms with E-state index in [1.54, 1.807) is 6.07 Å². The number of hydrogen-bond acceptors (Lipinski definition) is 2. The number of halogens is 3. The third-order valence-electron chi connectivity index (χ3n) is 3.66. The van der Waals surface area contributed by atoms with Crippen LogP contribution >= 0.6 is 0 Å². The van der Waals surface area contributed by atoms with Crippen molar-refractivity contribution >= 4 is 0 Å². The average molecular weight is 273 g/mol. The van der Waals surface area contributed by atoms with Crippen LogP contribution in [0.15, 0.2) is 24.3 Å². The first kappa shape index (κ1) is 14.3. The zero-order chi connectivity index (χ0) is 13.9. The van der Waals surface area contributed by atoms with Crippen LogP contribution in [0.5, 0.6) is 0 Å². The van der Waals surface area contributed by atoms with E-state index in [-0.39, 0.29) is 24.8 Å². The fraction of sp³-hybridized carbons (Fsp3) is 0.571. The second-order valence-electron chi connectivity index (χ2n) is 4.96. The first-order valence-corrected chi connectivity index (χ1v) is 6.52. The van der Waals surface area contributed by atoms with Gasteiger partial charge in [0.1, 0.15) is 0 Å². The summed E-state index contributed by atoms with van der Waals surface area (Å²) in [6.07, 6.45) is -1.46. The second-order valence-corrected chi connectivity index (χ2v) is 4.96. The lowest BCUT2D eigenvalue weighted by atomic mass is 10.00. The molecule has 0 unspecified atom stereocenters. The molecule has 1 fully saturated rings. The van der Waals surface area contributed by atoms with Crippen LogP contribution in [0.2, 0.25) is 0 Å². The molecule has 5 heteroatoms. The molecular formula is C14H18F3NO. The summed E-state index contributed by atoms with van der Waals surface area (Å²) < 4.78 is 38.7. The fourth-order valence-corrected chi connectivity index (χ4v) is 2.63. The average Bonchev–Trinajstić information content (AvgIpc) is 2.39. The molecule has 1 aliphatic rings. The normalized spacial score (nSPS) is 21.6. The van der Waals surface area contributed by atoms with Gasteiger partial charge in [0.2, 0.25) is 0 Å². The van der Waals surface area contributed by atoms with Crippen molar-refractivity contribution in [1.82, 2.24) is 4.90 Å². The molecule has 1 N–H and O–H groups in total. The zero-order valence-electron chi connectivity index (χ0n) is 10.7. The van der Waals surface area contributed by atoms with Crippen LogP contribution in [-0.4, -0.2) is 29.2 Å². The Morgan fingerprint density at radius 2 is 1.95 bits per heavy atom. The van der Waals surface area contributed by atoms with Gasteiger partial charge in [-0.1, -0.05) is 24.6 Å². The Labute approximate surface area is 110 Å². The molecule has 1 aromatic rings. The maximum absolute atomic E-state index is 12.9. The number of aliphatic hydroxyl groups excluding tert-OH is 1. The quantitative estimate of drug-likeness (QED) is 0.915. The number of benzene rings is 1. The molecule has 19 heavy (non-hydrogen) atoms. The van der Waals surface area contributed by atoms with Crippen LogP contribution in [0, 0.1) is 0 Å². The maximum Gasteiger partial charge on any atom is 0.416 e. The summed E-state index contributed by atoms with van der Waals surface area (Å²) in [5.74, 6) is 0. The Morgan fingerprint density at radius 3 is 2.63 bits per heavy atom. The van der Waals surface area contributed by atoms with Crippen LogP contribution < -0.4 is 0 Å². The summed E-state index contributed by atoms with van der Waals surface area (Å²) in [5, 5.41) is 9.30. The van der Waals surface area contributed by atoms with Gasteiger partial charge in [0.25, 0.3) is 0 Å². The first-order chi connectivity index (χ1) is 9.02. The highest BCUT2D eigenvalue weighted by molar-refractivity contribution is 5.29. The minimum Gasteiger partial charge on any atom is -0.395 e. The number of nitrogens with zero attached hydrogens (tertiary/aromatic N) is 1. The molecule has 1 aromatic carbocycles. The van der Waals surface area contributed by atoms with E-state index in [1.807, 2.05) is 4.90 Å². The Bertz CT molecular complexity index is 419. The zero-order valence-corrected chi connectivity index (χ0v) is 10.7. The molecule has 0 bridgehead atoms. The van der Waals surface area contributed by atoms with Crippen molar-refractivity contribution in [3.8, 4) is 0 Å². The molecule has 0 radical (unpaired) electrons. The van der Waals surface area contributed by atoms with Crippen molar-refractivity contribution in [3.05, 3.63) is 35.4 Å². The number of piperidine rings is 1. The highest BCUT2D eigenvalue weighted by Crippen LogP contribution is 2.33. The van der Waals surface area contributed by atoms with Crippen molar-refractivity contribution in [2.24, 2.45) is 0 Å². The van der Waals surface area contributed by atoms with Crippen molar-refractivity contribution in [3.63, 3.8) is 0 Å². The van der Waals surface area contributed by atoms with Gasteiger partial charge in [-0.05, 0) is 31.0 Å². The van der Waals surface area contributed by atoms with Crippen molar-refractivity contribution in [2.75, 3.05) is 13.2 Å². The van der Waals surface area contributed by atoms with Crippen molar-refractivity contribution < 1.29 is 18.3 Å². The Kier molecular flexibility index (Phi) is 4.47. The van der Waals surface area contributed by atoms with Gasteiger partial charge in [-0.2, -0.15) is 13.2 Å². The molecule has 0 saturated carbocycles. The minimum absolute atomic E-state index is 0.00812. The maximum atomic E-state index is 12.9. The van der Waals surface area contributed by atoms with Gasteiger partial charge in [0.05, 0.1) is 12.2 Å². The van der Waals surface area contributed by atoms with E-state index in [0.717, 1.165) is 31.9 Å². The topological polar surface area (TPSA) is 23.5 Å². The fourth-order valence-electron chi connectivity index (χ4n) is 2.63. The van der Waals surface area contributed by atoms with E-state index in [0.29, 0.717) is 0 Å². The lowest BCUT2D eigenvalue weighted by molar-refractivity contribution is -0.138. The third kappa shape index (κ3) is 3.48. The van der Waals surface area contributed by atoms with Crippen LogP contribution in [0.4, 0.5) is 13.2 Å². The van der Waals surface area contributed by atoms with Gasteiger partial charge in [0, 0.05) is 12.6 Å². The van der Waals surface area contributed by atoms with Gasteiger partial charge in [-0.25, -0.2) is 0 Å². The molecular weight excluding hydrogens is 255 g/mol. The molecule has 0 spiro atoms. The van der Waals surface area contributed by atoms with Gasteiger partial charge in [0.15, 0.2) is 0 Å². The molecule has 0 aromatic heterocycles. The SMILES string of the molecule is OC[C@H]1CCCCN1Cc1ccccc1C(F)(F)F. The van der Waals surface area contributed by atoms with E-state index < -0.39 is 11.7 Å². The number of likely N-dealkylation sites (tertiary alicyclic amines) is 1. The second kappa shape index (κ2) is 5.92. The van der Waals surface area contributed by atoms with E-state index >= 15 is 0 Å². The molecule has 1 heterocycles. The van der Waals surface area contributed by atoms with Crippen molar-refractivity contribution in [2.45, 2.75) is 38.0 Å². The predicted molar refractivity (Wildman–Crippen MR) is 66.6 cm³/mol. The lowest BCUT2D eigenvalue weighted by Crippen LogP contribution is -2.41. The molecule has 1 aliphatic heterocycles. The van der Waals surface area contributed by atoms with Crippen molar-refractivity contribution in [1.29, 1.82) is 0 Å². The van der Waals surface area contributed by atoms with Crippen LogP contribution in [-0.2, 0) is 12.7 Å². The predicted octanol–water partition coefficient (Wildman–Crippen LogP) is 3.05. The standard InChI is InChI=1S/C14H18F3NO/c15-14(16,17)13-7-2-1-5-11(13)9-18-8-4-3-6-12(18)10-19/h1-2,5,7,12,19H,3-4,6,8-10H2/t12-/m1/s1. The molecule has 1 atom stereocenters. The van der Waals surface area contributed by atoms with Crippen LogP contribution in [0.3, 0.4) is 0 Å².